The first-order chi connectivity index (χ1) is 8.19. The second-order valence-electron chi connectivity index (χ2n) is 5.24. The highest BCUT2D eigenvalue weighted by molar-refractivity contribution is 7.90. The Morgan fingerprint density at radius 2 is 2.00 bits per heavy atom. The lowest BCUT2D eigenvalue weighted by Gasteiger charge is -2.23. The van der Waals surface area contributed by atoms with Gasteiger partial charge in [0.1, 0.15) is 0 Å². The standard InChI is InChI=1S/C11H16F3NO2S/c1-7(15-18(16,17)11(12,13)14)4-10-6-8-2-3-9(10)5-8/h2-3,7-10,15H,4-6H2,1H3. The van der Waals surface area contributed by atoms with Crippen LogP contribution in [0.1, 0.15) is 26.2 Å². The first-order valence-corrected chi connectivity index (χ1v) is 7.44. The summed E-state index contributed by atoms with van der Waals surface area (Å²) in [6.07, 6.45) is 6.72. The van der Waals surface area contributed by atoms with Gasteiger partial charge >= 0.3 is 15.5 Å². The van der Waals surface area contributed by atoms with Crippen LogP contribution in [0.25, 0.3) is 0 Å². The van der Waals surface area contributed by atoms with Crippen molar-refractivity contribution in [3.05, 3.63) is 12.2 Å². The van der Waals surface area contributed by atoms with Crippen LogP contribution in [0.2, 0.25) is 0 Å². The molecule has 4 atom stereocenters. The quantitative estimate of drug-likeness (QED) is 0.805. The van der Waals surface area contributed by atoms with Crippen LogP contribution in [0.3, 0.4) is 0 Å². The minimum absolute atomic E-state index is 0.297. The van der Waals surface area contributed by atoms with Crippen molar-refractivity contribution in [2.24, 2.45) is 17.8 Å². The summed E-state index contributed by atoms with van der Waals surface area (Å²) in [4.78, 5) is 0. The molecule has 2 aliphatic rings. The Bertz CT molecular complexity index is 444. The van der Waals surface area contributed by atoms with E-state index in [1.165, 1.54) is 6.92 Å². The second-order valence-corrected chi connectivity index (χ2v) is 6.95. The molecule has 104 valence electrons. The normalized spacial score (nSPS) is 33.0. The van der Waals surface area contributed by atoms with Crippen molar-refractivity contribution >= 4 is 10.0 Å². The Hall–Kier alpha value is -0.560. The van der Waals surface area contributed by atoms with Crippen LogP contribution in [-0.2, 0) is 10.0 Å². The summed E-state index contributed by atoms with van der Waals surface area (Å²) in [5.41, 5.74) is -5.23. The Balaban J connectivity index is 1.90. The highest BCUT2D eigenvalue weighted by Gasteiger charge is 2.47. The molecular formula is C11H16F3NO2S. The third-order valence-electron chi connectivity index (χ3n) is 3.73. The zero-order valence-corrected chi connectivity index (χ0v) is 10.8. The van der Waals surface area contributed by atoms with E-state index >= 15 is 0 Å². The fraction of sp³-hybridized carbons (Fsp3) is 0.818. The highest BCUT2D eigenvalue weighted by atomic mass is 32.2. The van der Waals surface area contributed by atoms with Crippen LogP contribution in [0.4, 0.5) is 13.2 Å². The van der Waals surface area contributed by atoms with E-state index in [1.807, 2.05) is 0 Å². The van der Waals surface area contributed by atoms with Gasteiger partial charge in [-0.1, -0.05) is 12.2 Å². The maximum atomic E-state index is 12.2. The number of hydrogen-bond acceptors (Lipinski definition) is 2. The minimum Gasteiger partial charge on any atom is -0.205 e. The number of rotatable bonds is 4. The molecule has 0 aromatic carbocycles. The maximum absolute atomic E-state index is 12.2. The van der Waals surface area contributed by atoms with Crippen molar-refractivity contribution in [2.75, 3.05) is 0 Å². The minimum atomic E-state index is -5.23. The Labute approximate surface area is 104 Å². The van der Waals surface area contributed by atoms with E-state index in [4.69, 9.17) is 0 Å². The predicted molar refractivity (Wildman–Crippen MR) is 61.0 cm³/mol. The van der Waals surface area contributed by atoms with E-state index in [2.05, 4.69) is 12.2 Å². The fourth-order valence-electron chi connectivity index (χ4n) is 3.00. The molecule has 0 aliphatic heterocycles. The van der Waals surface area contributed by atoms with Crippen LogP contribution in [-0.4, -0.2) is 20.0 Å². The van der Waals surface area contributed by atoms with Crippen molar-refractivity contribution < 1.29 is 21.6 Å². The van der Waals surface area contributed by atoms with E-state index < -0.39 is 21.6 Å². The van der Waals surface area contributed by atoms with Crippen molar-refractivity contribution in [3.8, 4) is 0 Å². The molecule has 1 N–H and O–H groups in total. The summed E-state index contributed by atoms with van der Waals surface area (Å²) in [5.74, 6) is 1.24. The Morgan fingerprint density at radius 3 is 2.44 bits per heavy atom. The second kappa shape index (κ2) is 4.52. The van der Waals surface area contributed by atoms with E-state index in [1.54, 1.807) is 4.72 Å². The van der Waals surface area contributed by atoms with E-state index in [0.29, 0.717) is 24.2 Å². The molecule has 0 aromatic heterocycles. The monoisotopic (exact) mass is 283 g/mol. The smallest absolute Gasteiger partial charge is 0.205 e. The van der Waals surface area contributed by atoms with Crippen LogP contribution in [0, 0.1) is 17.8 Å². The lowest BCUT2D eigenvalue weighted by molar-refractivity contribution is -0.0451. The summed E-state index contributed by atoms with van der Waals surface area (Å²) >= 11 is 0. The molecule has 4 unspecified atom stereocenters. The number of alkyl halides is 3. The van der Waals surface area contributed by atoms with Crippen molar-refractivity contribution in [1.82, 2.24) is 4.72 Å². The van der Waals surface area contributed by atoms with Gasteiger partial charge in [0, 0.05) is 6.04 Å². The summed E-state index contributed by atoms with van der Waals surface area (Å²) < 4.78 is 60.2. The molecular weight excluding hydrogens is 267 g/mol. The van der Waals surface area contributed by atoms with Gasteiger partial charge in [-0.05, 0) is 43.9 Å². The number of sulfonamides is 1. The summed E-state index contributed by atoms with van der Waals surface area (Å²) in [5, 5.41) is 0. The molecule has 1 saturated carbocycles. The zero-order chi connectivity index (χ0) is 13.6. The molecule has 2 aliphatic carbocycles. The van der Waals surface area contributed by atoms with Gasteiger partial charge in [-0.15, -0.1) is 0 Å². The topological polar surface area (TPSA) is 46.2 Å². The summed E-state index contributed by atoms with van der Waals surface area (Å²) in [7, 11) is -5.22. The molecule has 1 fully saturated rings. The van der Waals surface area contributed by atoms with Crippen LogP contribution in [0.5, 0.6) is 0 Å². The van der Waals surface area contributed by atoms with E-state index in [-0.39, 0.29) is 0 Å². The SMILES string of the molecule is CC(CC1CC2C=CC1C2)NS(=O)(=O)C(F)(F)F. The predicted octanol–water partition coefficient (Wildman–Crippen LogP) is 2.42. The van der Waals surface area contributed by atoms with Gasteiger partial charge in [-0.2, -0.15) is 13.2 Å². The molecule has 0 amide bonds. The first kappa shape index (κ1) is 13.9. The molecule has 0 heterocycles. The zero-order valence-electron chi connectivity index (χ0n) is 9.94. The first-order valence-electron chi connectivity index (χ1n) is 5.96. The Morgan fingerprint density at radius 1 is 1.33 bits per heavy atom. The number of allylic oxidation sites excluding steroid dienone is 2. The van der Waals surface area contributed by atoms with Crippen LogP contribution >= 0.6 is 0 Å². The number of halogens is 3. The highest BCUT2D eigenvalue weighted by Crippen LogP contribution is 2.45. The number of nitrogens with one attached hydrogen (secondary N) is 1. The molecule has 2 rings (SSSR count). The average molecular weight is 283 g/mol. The van der Waals surface area contributed by atoms with Gasteiger partial charge < -0.3 is 0 Å². The third-order valence-corrected chi connectivity index (χ3v) is 5.06. The molecule has 0 saturated heterocycles. The number of hydrogen-bond donors (Lipinski definition) is 1. The van der Waals surface area contributed by atoms with Crippen molar-refractivity contribution in [2.45, 2.75) is 37.7 Å². The molecule has 0 radical (unpaired) electrons. The van der Waals surface area contributed by atoms with E-state index in [0.717, 1.165) is 12.8 Å². The van der Waals surface area contributed by atoms with E-state index in [9.17, 15) is 21.6 Å². The van der Waals surface area contributed by atoms with Crippen molar-refractivity contribution in [3.63, 3.8) is 0 Å². The van der Waals surface area contributed by atoms with Gasteiger partial charge in [0.25, 0.3) is 0 Å². The number of fused-ring (bicyclic) bond motifs is 2. The molecule has 2 bridgehead atoms. The van der Waals surface area contributed by atoms with Gasteiger partial charge in [0.2, 0.25) is 0 Å². The molecule has 0 spiro atoms. The lowest BCUT2D eigenvalue weighted by atomic mass is 9.88. The molecule has 3 nitrogen and oxygen atoms in total. The average Bonchev–Trinajstić information content (AvgIpc) is 2.75. The van der Waals surface area contributed by atoms with Crippen LogP contribution < -0.4 is 4.72 Å². The largest absolute Gasteiger partial charge is 0.511 e. The van der Waals surface area contributed by atoms with Crippen LogP contribution in [0.15, 0.2) is 12.2 Å². The molecule has 18 heavy (non-hydrogen) atoms. The van der Waals surface area contributed by atoms with Gasteiger partial charge in [-0.25, -0.2) is 13.1 Å². The van der Waals surface area contributed by atoms with Gasteiger partial charge in [0.15, 0.2) is 0 Å². The van der Waals surface area contributed by atoms with Gasteiger partial charge in [-0.3, -0.25) is 0 Å². The summed E-state index contributed by atoms with van der Waals surface area (Å²) in [6, 6.07) is -0.686. The lowest BCUT2D eigenvalue weighted by Crippen LogP contribution is -2.42. The Kier molecular flexibility index (Phi) is 3.48. The molecule has 0 aromatic rings. The third kappa shape index (κ3) is 2.71. The summed E-state index contributed by atoms with van der Waals surface area (Å²) in [6.45, 7) is 1.49. The maximum Gasteiger partial charge on any atom is 0.511 e. The van der Waals surface area contributed by atoms with Crippen molar-refractivity contribution in [1.29, 1.82) is 0 Å². The molecule has 7 heteroatoms. The van der Waals surface area contributed by atoms with Gasteiger partial charge in [0.05, 0.1) is 0 Å². The fourth-order valence-corrected chi connectivity index (χ4v) is 3.76.